The minimum absolute atomic E-state index is 0. The van der Waals surface area contributed by atoms with E-state index < -0.39 is 37.5 Å². The number of hydrogen-bond acceptors (Lipinski definition) is 7. The van der Waals surface area contributed by atoms with E-state index in [2.05, 4.69) is 0 Å². The van der Waals surface area contributed by atoms with Crippen LogP contribution < -0.4 is 44.9 Å². The molecule has 0 unspecified atom stereocenters. The maximum absolute atomic E-state index is 10.3. The summed E-state index contributed by atoms with van der Waals surface area (Å²) in [6.45, 7) is -1.88. The minimum Gasteiger partial charge on any atom is -0.530 e. The Bertz CT molecular complexity index is 278. The molecule has 4 amide bonds. The van der Waals surface area contributed by atoms with E-state index in [0.29, 0.717) is 0 Å². The number of hydrogen-bond donors (Lipinski definition) is 1. The van der Waals surface area contributed by atoms with Crippen LogP contribution >= 0.6 is 0 Å². The Hall–Kier alpha value is -0.754. The Morgan fingerprint density at radius 3 is 1.33 bits per heavy atom. The van der Waals surface area contributed by atoms with Crippen molar-refractivity contribution in [1.29, 1.82) is 0 Å². The molecule has 0 rings (SSSR count). The maximum Gasteiger partial charge on any atom is 2.00 e. The van der Waals surface area contributed by atoms with Gasteiger partial charge in [-0.15, -0.1) is 0 Å². The summed E-state index contributed by atoms with van der Waals surface area (Å²) in [5.74, 6) is 0. The van der Waals surface area contributed by atoms with Crippen molar-refractivity contribution in [3.05, 3.63) is 0 Å². The zero-order valence-electron chi connectivity index (χ0n) is 9.32. The first-order valence-corrected chi connectivity index (χ1v) is 3.68. The molecule has 10 nitrogen and oxygen atoms in total. The van der Waals surface area contributed by atoms with Crippen molar-refractivity contribution in [2.75, 3.05) is 13.1 Å². The number of imide groups is 2. The third-order valence-corrected chi connectivity index (χ3v) is 1.44. The van der Waals surface area contributed by atoms with Gasteiger partial charge >= 0.3 is 58.7 Å². The molecule has 0 aliphatic carbocycles. The van der Waals surface area contributed by atoms with Gasteiger partial charge in [0, 0.05) is 13.1 Å². The van der Waals surface area contributed by atoms with E-state index in [0.717, 1.165) is 0 Å². The van der Waals surface area contributed by atoms with E-state index in [-0.39, 0.29) is 62.4 Å². The van der Waals surface area contributed by atoms with E-state index >= 15 is 0 Å². The molecule has 0 heterocycles. The van der Waals surface area contributed by atoms with Crippen molar-refractivity contribution in [2.24, 2.45) is 0 Å². The summed E-state index contributed by atoms with van der Waals surface area (Å²) in [6.07, 6.45) is -8.33. The Balaban J connectivity index is -0.00000112. The molecule has 0 saturated heterocycles. The van der Waals surface area contributed by atoms with Crippen LogP contribution in [-0.4, -0.2) is 75.4 Å². The number of nitrogens with zero attached hydrogens (tertiary/aromatic N) is 2. The minimum atomic E-state index is -2.15. The van der Waals surface area contributed by atoms with Crippen LogP contribution in [-0.2, 0) is 0 Å². The predicted molar refractivity (Wildman–Crippen MR) is 43.4 cm³/mol. The number of carboxylic acid groups (broad SMARTS) is 4. The number of amides is 4. The quantitative estimate of drug-likeness (QED) is 0.498. The monoisotopic (exact) mass is 280 g/mol. The van der Waals surface area contributed by atoms with Crippen molar-refractivity contribution in [1.82, 2.24) is 9.80 Å². The predicted octanol–water partition coefficient (Wildman–Crippen LogP) is -7.08. The second-order valence-electron chi connectivity index (χ2n) is 2.38. The van der Waals surface area contributed by atoms with Crippen molar-refractivity contribution in [3.63, 3.8) is 0 Å². The molecule has 90 valence electrons. The molecule has 0 bridgehead atoms. The third kappa shape index (κ3) is 7.55. The standard InChI is InChI=1S/C6H8N2O8.Mg.Na/c9-3(10)7(4(11)12)1-2-8(5(13)14)6(15)16;;/h1-2H2,(H,9,10)(H,11,12)(H,13,14)(H,15,16);;/q;+2;+1/p-3. The van der Waals surface area contributed by atoms with E-state index in [9.17, 15) is 34.5 Å². The SMILES string of the molecule is O=C([O-])N(CCN(C(=O)[O-])C(=O)O)C(=O)[O-].[Mg+2].[Na+]. The Labute approximate surface area is 139 Å². The van der Waals surface area contributed by atoms with E-state index in [1.807, 2.05) is 0 Å². The third-order valence-electron chi connectivity index (χ3n) is 1.44. The van der Waals surface area contributed by atoms with Crippen LogP contribution in [0.15, 0.2) is 0 Å². The summed E-state index contributed by atoms with van der Waals surface area (Å²) in [7, 11) is 0. The van der Waals surface area contributed by atoms with Crippen LogP contribution in [0.4, 0.5) is 19.2 Å². The molecule has 0 aliphatic heterocycles. The first-order valence-electron chi connectivity index (χ1n) is 3.68. The van der Waals surface area contributed by atoms with Crippen LogP contribution in [0.1, 0.15) is 0 Å². The number of carbonyl (C=O) groups is 4. The second kappa shape index (κ2) is 10.2. The topological polar surface area (TPSA) is 164 Å². The molecule has 0 radical (unpaired) electrons. The van der Waals surface area contributed by atoms with Crippen molar-refractivity contribution in [2.45, 2.75) is 0 Å². The molecular weight excluding hydrogens is 275 g/mol. The fourth-order valence-corrected chi connectivity index (χ4v) is 0.722. The normalized spacial score (nSPS) is 8.22. The van der Waals surface area contributed by atoms with Gasteiger partial charge in [-0.05, 0) is 0 Å². The second-order valence-corrected chi connectivity index (χ2v) is 2.38. The van der Waals surface area contributed by atoms with Crippen LogP contribution in [0.5, 0.6) is 0 Å². The molecule has 0 aliphatic rings. The van der Waals surface area contributed by atoms with E-state index in [4.69, 9.17) is 5.11 Å². The van der Waals surface area contributed by atoms with Gasteiger partial charge in [0.05, 0.1) is 0 Å². The van der Waals surface area contributed by atoms with Gasteiger partial charge in [0.1, 0.15) is 18.3 Å². The molecule has 0 aromatic rings. The van der Waals surface area contributed by atoms with E-state index in [1.165, 1.54) is 0 Å². The molecular formula is C6H5MgN2NaO8. The van der Waals surface area contributed by atoms with Crippen LogP contribution in [0.2, 0.25) is 0 Å². The van der Waals surface area contributed by atoms with Crippen LogP contribution in [0.25, 0.3) is 0 Å². The molecule has 12 heteroatoms. The van der Waals surface area contributed by atoms with Crippen molar-refractivity contribution < 1.29 is 69.2 Å². The van der Waals surface area contributed by atoms with Gasteiger partial charge in [-0.3, -0.25) is 4.90 Å². The smallest absolute Gasteiger partial charge is 0.530 e. The fourth-order valence-electron chi connectivity index (χ4n) is 0.722. The molecule has 0 spiro atoms. The van der Waals surface area contributed by atoms with Gasteiger partial charge in [0.15, 0.2) is 0 Å². The summed E-state index contributed by atoms with van der Waals surface area (Å²) in [6, 6.07) is 0. The molecule has 0 fully saturated rings. The maximum atomic E-state index is 10.3. The first kappa shape index (κ1) is 22.4. The molecule has 0 atom stereocenters. The van der Waals surface area contributed by atoms with Gasteiger partial charge in [-0.25, -0.2) is 4.79 Å². The molecule has 1 N–H and O–H groups in total. The van der Waals surface area contributed by atoms with E-state index in [1.54, 1.807) is 0 Å². The van der Waals surface area contributed by atoms with Crippen molar-refractivity contribution >= 4 is 47.4 Å². The summed E-state index contributed by atoms with van der Waals surface area (Å²) in [5.41, 5.74) is 0. The van der Waals surface area contributed by atoms with Gasteiger partial charge in [0.25, 0.3) is 0 Å². The van der Waals surface area contributed by atoms with Crippen LogP contribution in [0.3, 0.4) is 0 Å². The number of carbonyl (C=O) groups excluding carboxylic acids is 3. The summed E-state index contributed by atoms with van der Waals surface area (Å²) in [5, 5.41) is 38.8. The van der Waals surface area contributed by atoms with Gasteiger partial charge in [-0.1, -0.05) is 0 Å². The Morgan fingerprint density at radius 2 is 1.11 bits per heavy atom. The largest absolute Gasteiger partial charge is 2.00 e. The average molecular weight is 280 g/mol. The van der Waals surface area contributed by atoms with Gasteiger partial charge < -0.3 is 39.7 Å². The van der Waals surface area contributed by atoms with Crippen LogP contribution in [0, 0.1) is 0 Å². The van der Waals surface area contributed by atoms with Crippen molar-refractivity contribution in [3.8, 4) is 0 Å². The zero-order valence-corrected chi connectivity index (χ0v) is 12.7. The summed E-state index contributed by atoms with van der Waals surface area (Å²) < 4.78 is 0. The van der Waals surface area contributed by atoms with Gasteiger partial charge in [-0.2, -0.15) is 0 Å². The molecule has 18 heavy (non-hydrogen) atoms. The first-order chi connectivity index (χ1) is 7.27. The molecule has 0 aromatic heterocycles. The summed E-state index contributed by atoms with van der Waals surface area (Å²) in [4.78, 5) is 40.1. The Morgan fingerprint density at radius 1 is 0.833 bits per heavy atom. The zero-order chi connectivity index (χ0) is 12.9. The van der Waals surface area contributed by atoms with Gasteiger partial charge in [0.2, 0.25) is 0 Å². The molecule has 0 saturated carbocycles. The average Bonchev–Trinajstić information content (AvgIpc) is 2.09. The summed E-state index contributed by atoms with van der Waals surface area (Å²) >= 11 is 0. The number of rotatable bonds is 3. The Kier molecular flexibility index (Phi) is 12.7. The molecule has 0 aromatic carbocycles. The fraction of sp³-hybridized carbons (Fsp3) is 0.333.